The highest BCUT2D eigenvalue weighted by Crippen LogP contribution is 2.65. The van der Waals surface area contributed by atoms with E-state index in [9.17, 15) is 4.79 Å². The first kappa shape index (κ1) is 10.0. The highest BCUT2D eigenvalue weighted by molar-refractivity contribution is 5.66. The number of aliphatic carboxylic acids is 1. The summed E-state index contributed by atoms with van der Waals surface area (Å²) < 4.78 is 0. The van der Waals surface area contributed by atoms with E-state index in [1.54, 1.807) is 0 Å². The van der Waals surface area contributed by atoms with Crippen molar-refractivity contribution in [2.24, 2.45) is 17.3 Å². The third-order valence-corrected chi connectivity index (χ3v) is 4.51. The molecule has 0 amide bonds. The molecule has 2 nitrogen and oxygen atoms in total. The van der Waals surface area contributed by atoms with Crippen LogP contribution in [0.3, 0.4) is 0 Å². The molecule has 0 radical (unpaired) electrons. The first-order valence-electron chi connectivity index (χ1n) is 5.87. The van der Waals surface area contributed by atoms with Crippen LogP contribution in [0.4, 0.5) is 0 Å². The van der Waals surface area contributed by atoms with E-state index in [4.69, 9.17) is 5.11 Å². The Hall–Kier alpha value is -0.530. The van der Waals surface area contributed by atoms with Crippen LogP contribution in [0.25, 0.3) is 0 Å². The average Bonchev–Trinajstić information content (AvgIpc) is 2.84. The molecule has 0 bridgehead atoms. The van der Waals surface area contributed by atoms with E-state index >= 15 is 0 Å². The van der Waals surface area contributed by atoms with Crippen molar-refractivity contribution < 1.29 is 9.90 Å². The molecule has 0 aromatic rings. The third-order valence-electron chi connectivity index (χ3n) is 4.51. The van der Waals surface area contributed by atoms with Gasteiger partial charge in [-0.25, -0.2) is 0 Å². The van der Waals surface area contributed by atoms with Crippen molar-refractivity contribution >= 4 is 5.97 Å². The number of hydrogen-bond donors (Lipinski definition) is 1. The summed E-state index contributed by atoms with van der Waals surface area (Å²) in [4.78, 5) is 10.4. The van der Waals surface area contributed by atoms with E-state index in [-0.39, 0.29) is 0 Å². The highest BCUT2D eigenvalue weighted by atomic mass is 16.4. The predicted molar refractivity (Wildman–Crippen MR) is 55.0 cm³/mol. The summed E-state index contributed by atoms with van der Waals surface area (Å²) in [7, 11) is 0. The average molecular weight is 196 g/mol. The van der Waals surface area contributed by atoms with Crippen molar-refractivity contribution in [2.75, 3.05) is 0 Å². The maximum atomic E-state index is 10.4. The maximum absolute atomic E-state index is 10.4. The summed E-state index contributed by atoms with van der Waals surface area (Å²) in [5.41, 5.74) is 0.665. The summed E-state index contributed by atoms with van der Waals surface area (Å²) in [5, 5.41) is 8.59. The number of hydrogen-bond acceptors (Lipinski definition) is 1. The number of carboxylic acids is 1. The standard InChI is InChI=1S/C12H20O2/c1-9-5-6-10(12(9)7-8-12)3-2-4-11(13)14/h9-10H,2-8H2,1H3,(H,13,14). The largest absolute Gasteiger partial charge is 0.481 e. The topological polar surface area (TPSA) is 37.3 Å². The molecule has 0 aromatic heterocycles. The Balaban J connectivity index is 1.79. The van der Waals surface area contributed by atoms with Crippen LogP contribution >= 0.6 is 0 Å². The van der Waals surface area contributed by atoms with E-state index < -0.39 is 5.97 Å². The number of rotatable bonds is 4. The van der Waals surface area contributed by atoms with Gasteiger partial charge in [-0.05, 0) is 55.8 Å². The van der Waals surface area contributed by atoms with Crippen molar-refractivity contribution in [3.63, 3.8) is 0 Å². The van der Waals surface area contributed by atoms with Crippen LogP contribution in [0, 0.1) is 17.3 Å². The molecule has 2 fully saturated rings. The van der Waals surface area contributed by atoms with Crippen molar-refractivity contribution in [2.45, 2.75) is 51.9 Å². The van der Waals surface area contributed by atoms with Gasteiger partial charge in [-0.3, -0.25) is 4.79 Å². The monoisotopic (exact) mass is 196 g/mol. The van der Waals surface area contributed by atoms with Crippen LogP contribution in [-0.4, -0.2) is 11.1 Å². The maximum Gasteiger partial charge on any atom is 0.303 e. The molecule has 0 saturated heterocycles. The zero-order valence-electron chi connectivity index (χ0n) is 8.96. The van der Waals surface area contributed by atoms with Gasteiger partial charge in [-0.15, -0.1) is 0 Å². The van der Waals surface area contributed by atoms with Gasteiger partial charge in [0, 0.05) is 6.42 Å². The number of carboxylic acid groups (broad SMARTS) is 1. The molecule has 2 saturated carbocycles. The summed E-state index contributed by atoms with van der Waals surface area (Å²) >= 11 is 0. The lowest BCUT2D eigenvalue weighted by Crippen LogP contribution is -2.14. The quantitative estimate of drug-likeness (QED) is 0.750. The van der Waals surface area contributed by atoms with Crippen molar-refractivity contribution in [1.29, 1.82) is 0 Å². The molecular formula is C12H20O2. The molecule has 2 aliphatic carbocycles. The van der Waals surface area contributed by atoms with Crippen LogP contribution < -0.4 is 0 Å². The van der Waals surface area contributed by atoms with Gasteiger partial charge in [0.15, 0.2) is 0 Å². The van der Waals surface area contributed by atoms with Gasteiger partial charge in [-0.1, -0.05) is 6.92 Å². The fourth-order valence-corrected chi connectivity index (χ4v) is 3.41. The fourth-order valence-electron chi connectivity index (χ4n) is 3.41. The Morgan fingerprint density at radius 2 is 2.14 bits per heavy atom. The Kier molecular flexibility index (Phi) is 2.54. The first-order chi connectivity index (χ1) is 6.65. The van der Waals surface area contributed by atoms with Crippen LogP contribution in [-0.2, 0) is 4.79 Å². The smallest absolute Gasteiger partial charge is 0.303 e. The van der Waals surface area contributed by atoms with Crippen LogP contribution in [0.2, 0.25) is 0 Å². The lowest BCUT2D eigenvalue weighted by Gasteiger charge is -2.21. The van der Waals surface area contributed by atoms with Gasteiger partial charge in [-0.2, -0.15) is 0 Å². The van der Waals surface area contributed by atoms with Crippen LogP contribution in [0.15, 0.2) is 0 Å². The normalized spacial score (nSPS) is 33.5. The van der Waals surface area contributed by atoms with Gasteiger partial charge < -0.3 is 5.11 Å². The van der Waals surface area contributed by atoms with Gasteiger partial charge in [0.1, 0.15) is 0 Å². The molecule has 2 atom stereocenters. The summed E-state index contributed by atoms with van der Waals surface area (Å²) in [6, 6.07) is 0. The van der Waals surface area contributed by atoms with E-state index in [1.807, 2.05) is 0 Å². The molecule has 1 spiro atoms. The van der Waals surface area contributed by atoms with Gasteiger partial charge >= 0.3 is 5.97 Å². The molecule has 80 valence electrons. The van der Waals surface area contributed by atoms with E-state index in [1.165, 1.54) is 25.7 Å². The second kappa shape index (κ2) is 3.56. The lowest BCUT2D eigenvalue weighted by molar-refractivity contribution is -0.137. The Morgan fingerprint density at radius 3 is 2.71 bits per heavy atom. The summed E-state index contributed by atoms with van der Waals surface area (Å²) in [6.45, 7) is 2.38. The number of carbonyl (C=O) groups is 1. The molecule has 2 heteroatoms. The molecule has 0 heterocycles. The van der Waals surface area contributed by atoms with Gasteiger partial charge in [0.25, 0.3) is 0 Å². The van der Waals surface area contributed by atoms with Crippen molar-refractivity contribution in [1.82, 2.24) is 0 Å². The van der Waals surface area contributed by atoms with Crippen molar-refractivity contribution in [3.8, 4) is 0 Å². The molecule has 2 rings (SSSR count). The fraction of sp³-hybridized carbons (Fsp3) is 0.917. The second-order valence-electron chi connectivity index (χ2n) is 5.19. The SMILES string of the molecule is CC1CCC(CCCC(=O)O)C12CC2. The Morgan fingerprint density at radius 1 is 1.43 bits per heavy atom. The molecule has 2 unspecified atom stereocenters. The van der Waals surface area contributed by atoms with Crippen molar-refractivity contribution in [3.05, 3.63) is 0 Å². The minimum absolute atomic E-state index is 0.362. The minimum Gasteiger partial charge on any atom is -0.481 e. The third kappa shape index (κ3) is 1.67. The van der Waals surface area contributed by atoms with E-state index in [0.717, 1.165) is 24.7 Å². The van der Waals surface area contributed by atoms with Crippen LogP contribution in [0.1, 0.15) is 51.9 Å². The lowest BCUT2D eigenvalue weighted by atomic mass is 9.84. The molecule has 0 aromatic carbocycles. The predicted octanol–water partition coefficient (Wildman–Crippen LogP) is 3.07. The highest BCUT2D eigenvalue weighted by Gasteiger charge is 2.55. The zero-order valence-corrected chi connectivity index (χ0v) is 8.96. The van der Waals surface area contributed by atoms with Crippen LogP contribution in [0.5, 0.6) is 0 Å². The molecular weight excluding hydrogens is 176 g/mol. The molecule has 1 N–H and O–H groups in total. The summed E-state index contributed by atoms with van der Waals surface area (Å²) in [5.74, 6) is 1.11. The molecule has 14 heavy (non-hydrogen) atoms. The first-order valence-corrected chi connectivity index (χ1v) is 5.87. The molecule has 2 aliphatic rings. The van der Waals surface area contributed by atoms with Gasteiger partial charge in [0.2, 0.25) is 0 Å². The van der Waals surface area contributed by atoms with E-state index in [2.05, 4.69) is 6.92 Å². The zero-order chi connectivity index (χ0) is 10.2. The summed E-state index contributed by atoms with van der Waals surface area (Å²) in [6.07, 6.45) is 7.93. The Bertz CT molecular complexity index is 230. The minimum atomic E-state index is -0.638. The van der Waals surface area contributed by atoms with E-state index in [0.29, 0.717) is 11.8 Å². The molecule has 0 aliphatic heterocycles. The van der Waals surface area contributed by atoms with Gasteiger partial charge in [0.05, 0.1) is 0 Å². The second-order valence-corrected chi connectivity index (χ2v) is 5.19. The Labute approximate surface area is 85.7 Å².